The molecule has 0 unspecified atom stereocenters. The number of fused-ring (bicyclic) bond motifs is 1. The fourth-order valence-corrected chi connectivity index (χ4v) is 4.30. The minimum Gasteiger partial charge on any atom is -0.351 e. The average Bonchev–Trinajstić information content (AvgIpc) is 3.09. The molecule has 0 saturated heterocycles. The second-order valence-corrected chi connectivity index (χ2v) is 8.12. The quantitative estimate of drug-likeness (QED) is 0.662. The second-order valence-electron chi connectivity index (χ2n) is 4.54. The number of halogens is 1. The van der Waals surface area contributed by atoms with Crippen LogP contribution in [0.3, 0.4) is 0 Å². The lowest BCUT2D eigenvalue weighted by Crippen LogP contribution is -2.23. The van der Waals surface area contributed by atoms with Gasteiger partial charge in [-0.3, -0.25) is 4.79 Å². The van der Waals surface area contributed by atoms with Crippen LogP contribution in [0.4, 0.5) is 0 Å². The molecule has 0 radical (unpaired) electrons. The Morgan fingerprint density at radius 2 is 2.05 bits per heavy atom. The van der Waals surface area contributed by atoms with Crippen molar-refractivity contribution >= 4 is 54.7 Å². The Hall–Kier alpha value is -1.24. The van der Waals surface area contributed by atoms with E-state index in [1.807, 2.05) is 30.3 Å². The van der Waals surface area contributed by atoms with Crippen LogP contribution in [0.2, 0.25) is 0 Å². The number of carbonyl (C=O) groups is 1. The average molecular weight is 381 g/mol. The number of carbonyl (C=O) groups excluding carboxylic acids is 1. The molecule has 108 valence electrons. The molecule has 0 saturated carbocycles. The van der Waals surface area contributed by atoms with Gasteiger partial charge in [0.2, 0.25) is 0 Å². The van der Waals surface area contributed by atoms with Gasteiger partial charge >= 0.3 is 0 Å². The van der Waals surface area contributed by atoms with Crippen molar-refractivity contribution in [2.75, 3.05) is 6.54 Å². The van der Waals surface area contributed by atoms with Crippen LogP contribution in [-0.4, -0.2) is 17.4 Å². The van der Waals surface area contributed by atoms with E-state index in [4.69, 9.17) is 0 Å². The number of rotatable bonds is 5. The molecule has 21 heavy (non-hydrogen) atoms. The molecule has 3 rings (SSSR count). The van der Waals surface area contributed by atoms with Gasteiger partial charge in [-0.05, 0) is 46.6 Å². The Labute approximate surface area is 139 Å². The highest BCUT2D eigenvalue weighted by atomic mass is 79.9. The van der Waals surface area contributed by atoms with Gasteiger partial charge < -0.3 is 5.32 Å². The third-order valence-electron chi connectivity index (χ3n) is 2.99. The first-order chi connectivity index (χ1) is 10.2. The van der Waals surface area contributed by atoms with Crippen molar-refractivity contribution < 1.29 is 4.79 Å². The third-order valence-corrected chi connectivity index (χ3v) is 5.71. The Balaban J connectivity index is 1.49. The Morgan fingerprint density at radius 1 is 1.19 bits per heavy atom. The molecule has 0 aliphatic carbocycles. The summed E-state index contributed by atoms with van der Waals surface area (Å²) in [5, 5.41) is 4.07. The minimum atomic E-state index is -0.00463. The second kappa shape index (κ2) is 6.68. The Kier molecular flexibility index (Phi) is 4.67. The highest BCUT2D eigenvalue weighted by molar-refractivity contribution is 9.11. The number of nitrogens with zero attached hydrogens (tertiary/aromatic N) is 1. The summed E-state index contributed by atoms with van der Waals surface area (Å²) >= 11 is 6.54. The van der Waals surface area contributed by atoms with Gasteiger partial charge in [0.15, 0.2) is 0 Å². The van der Waals surface area contributed by atoms with Gasteiger partial charge in [0.1, 0.15) is 0 Å². The number of amides is 1. The maximum Gasteiger partial charge on any atom is 0.261 e. The number of nitrogens with one attached hydrogen (secondary N) is 1. The van der Waals surface area contributed by atoms with E-state index in [9.17, 15) is 4.79 Å². The summed E-state index contributed by atoms with van der Waals surface area (Å²) in [7, 11) is 0. The predicted molar refractivity (Wildman–Crippen MR) is 92.3 cm³/mol. The molecule has 0 fully saturated rings. The first kappa shape index (κ1) is 14.7. The first-order valence-corrected chi connectivity index (χ1v) is 9.03. The van der Waals surface area contributed by atoms with Crippen LogP contribution in [0.15, 0.2) is 40.2 Å². The normalized spacial score (nSPS) is 10.9. The molecule has 2 aromatic heterocycles. The summed E-state index contributed by atoms with van der Waals surface area (Å²) in [5.74, 6) is -0.00463. The summed E-state index contributed by atoms with van der Waals surface area (Å²) in [6.45, 7) is 0.671. The van der Waals surface area contributed by atoms with Crippen LogP contribution in [-0.2, 0) is 6.42 Å². The highest BCUT2D eigenvalue weighted by Crippen LogP contribution is 2.23. The van der Waals surface area contributed by atoms with E-state index in [-0.39, 0.29) is 5.91 Å². The van der Waals surface area contributed by atoms with Gasteiger partial charge in [0, 0.05) is 13.0 Å². The minimum absolute atomic E-state index is 0.00463. The van der Waals surface area contributed by atoms with Gasteiger partial charge in [-0.25, -0.2) is 4.98 Å². The topological polar surface area (TPSA) is 42.0 Å². The van der Waals surface area contributed by atoms with E-state index in [1.165, 1.54) is 16.0 Å². The third kappa shape index (κ3) is 3.70. The van der Waals surface area contributed by atoms with Crippen LogP contribution < -0.4 is 5.32 Å². The number of thiazole rings is 1. The highest BCUT2D eigenvalue weighted by Gasteiger charge is 2.08. The number of benzene rings is 1. The van der Waals surface area contributed by atoms with Crippen molar-refractivity contribution in [2.24, 2.45) is 0 Å². The molecular weight excluding hydrogens is 368 g/mol. The predicted octanol–water partition coefficient (Wildman–Crippen LogP) is 4.48. The SMILES string of the molecule is O=C(NCCCc1nc2ccccc2s1)c1ccc(Br)s1. The lowest BCUT2D eigenvalue weighted by atomic mass is 10.3. The van der Waals surface area contributed by atoms with Gasteiger partial charge in [0.05, 0.1) is 23.9 Å². The molecule has 1 N–H and O–H groups in total. The number of thiophene rings is 1. The van der Waals surface area contributed by atoms with Crippen molar-refractivity contribution in [3.8, 4) is 0 Å². The molecule has 2 heterocycles. The summed E-state index contributed by atoms with van der Waals surface area (Å²) in [6.07, 6.45) is 1.80. The number of hydrogen-bond acceptors (Lipinski definition) is 4. The van der Waals surface area contributed by atoms with Crippen molar-refractivity contribution in [3.63, 3.8) is 0 Å². The van der Waals surface area contributed by atoms with E-state index in [1.54, 1.807) is 11.3 Å². The monoisotopic (exact) mass is 380 g/mol. The van der Waals surface area contributed by atoms with Crippen molar-refractivity contribution in [1.29, 1.82) is 0 Å². The van der Waals surface area contributed by atoms with Crippen LogP contribution in [0.25, 0.3) is 10.2 Å². The largest absolute Gasteiger partial charge is 0.351 e. The summed E-state index contributed by atoms with van der Waals surface area (Å²) in [5.41, 5.74) is 1.06. The number of aromatic nitrogens is 1. The smallest absolute Gasteiger partial charge is 0.261 e. The van der Waals surface area contributed by atoms with Crippen LogP contribution >= 0.6 is 38.6 Å². The van der Waals surface area contributed by atoms with Crippen molar-refractivity contribution in [1.82, 2.24) is 10.3 Å². The van der Waals surface area contributed by atoms with Gasteiger partial charge in [0.25, 0.3) is 5.91 Å². The van der Waals surface area contributed by atoms with Gasteiger partial charge in [-0.15, -0.1) is 22.7 Å². The Morgan fingerprint density at radius 3 is 2.81 bits per heavy atom. The van der Waals surface area contributed by atoms with Crippen LogP contribution in [0.5, 0.6) is 0 Å². The fraction of sp³-hybridized carbons (Fsp3) is 0.200. The van der Waals surface area contributed by atoms with Crippen LogP contribution in [0, 0.1) is 0 Å². The standard InChI is InChI=1S/C15H13BrN2OS2/c16-13-8-7-12(20-13)15(19)17-9-3-6-14-18-10-4-1-2-5-11(10)21-14/h1-2,4-5,7-8H,3,6,9H2,(H,17,19). The number of para-hydroxylation sites is 1. The summed E-state index contributed by atoms with van der Waals surface area (Å²) in [4.78, 5) is 17.2. The molecule has 3 nitrogen and oxygen atoms in total. The molecule has 1 amide bonds. The van der Waals surface area contributed by atoms with Gasteiger partial charge in [-0.1, -0.05) is 12.1 Å². The molecule has 0 atom stereocenters. The van der Waals surface area contributed by atoms with Crippen molar-refractivity contribution in [2.45, 2.75) is 12.8 Å². The fourth-order valence-electron chi connectivity index (χ4n) is 1.99. The van der Waals surface area contributed by atoms with Crippen molar-refractivity contribution in [3.05, 3.63) is 50.1 Å². The zero-order valence-electron chi connectivity index (χ0n) is 11.1. The maximum atomic E-state index is 11.9. The molecule has 6 heteroatoms. The van der Waals surface area contributed by atoms with E-state index in [2.05, 4.69) is 32.3 Å². The summed E-state index contributed by atoms with van der Waals surface area (Å²) in [6, 6.07) is 11.9. The lowest BCUT2D eigenvalue weighted by molar-refractivity contribution is 0.0957. The molecule has 1 aromatic carbocycles. The van der Waals surface area contributed by atoms with E-state index in [0.717, 1.165) is 32.0 Å². The molecule has 0 aliphatic heterocycles. The van der Waals surface area contributed by atoms with E-state index in [0.29, 0.717) is 6.54 Å². The summed E-state index contributed by atoms with van der Waals surface area (Å²) < 4.78 is 2.20. The van der Waals surface area contributed by atoms with E-state index >= 15 is 0 Å². The molecule has 0 bridgehead atoms. The lowest BCUT2D eigenvalue weighted by Gasteiger charge is -2.01. The zero-order chi connectivity index (χ0) is 14.7. The first-order valence-electron chi connectivity index (χ1n) is 6.60. The molecule has 0 aliphatic rings. The maximum absolute atomic E-state index is 11.9. The van der Waals surface area contributed by atoms with Gasteiger partial charge in [-0.2, -0.15) is 0 Å². The number of hydrogen-bond donors (Lipinski definition) is 1. The number of aryl methyl sites for hydroxylation is 1. The Bertz CT molecular complexity index is 733. The molecule has 0 spiro atoms. The zero-order valence-corrected chi connectivity index (χ0v) is 14.4. The van der Waals surface area contributed by atoms with E-state index < -0.39 is 0 Å². The molecular formula is C15H13BrN2OS2. The van der Waals surface area contributed by atoms with Crippen LogP contribution in [0.1, 0.15) is 21.1 Å². The molecule has 3 aromatic rings.